The van der Waals surface area contributed by atoms with Crippen molar-refractivity contribution in [2.45, 2.75) is 25.0 Å². The van der Waals surface area contributed by atoms with E-state index in [9.17, 15) is 14.3 Å². The van der Waals surface area contributed by atoms with Crippen molar-refractivity contribution in [1.82, 2.24) is 4.90 Å². The Kier molecular flexibility index (Phi) is 4.20. The van der Waals surface area contributed by atoms with Crippen LogP contribution in [0.25, 0.3) is 0 Å². The molecule has 1 saturated carbocycles. The van der Waals surface area contributed by atoms with Crippen molar-refractivity contribution in [3.63, 3.8) is 0 Å². The fraction of sp³-hybridized carbons (Fsp3) is 0.278. The number of aliphatic hydroxyl groups excluding tert-OH is 1. The minimum absolute atomic E-state index is 0.0655. The molecule has 114 valence electrons. The minimum Gasteiger partial charge on any atom is -0.387 e. The Balaban J connectivity index is 1.74. The number of hydrogen-bond donors (Lipinski definition) is 1. The first-order chi connectivity index (χ1) is 10.6. The first-order valence-electron chi connectivity index (χ1n) is 7.44. The van der Waals surface area contributed by atoms with E-state index >= 15 is 0 Å². The molecule has 3 nitrogen and oxygen atoms in total. The van der Waals surface area contributed by atoms with E-state index in [2.05, 4.69) is 0 Å². The third kappa shape index (κ3) is 3.34. The second kappa shape index (κ2) is 6.28. The van der Waals surface area contributed by atoms with Gasteiger partial charge < -0.3 is 10.0 Å². The highest BCUT2D eigenvalue weighted by molar-refractivity contribution is 5.94. The second-order valence-electron chi connectivity index (χ2n) is 5.62. The van der Waals surface area contributed by atoms with Crippen molar-refractivity contribution >= 4 is 5.91 Å². The lowest BCUT2D eigenvalue weighted by atomic mass is 10.1. The normalized spacial score (nSPS) is 15.4. The summed E-state index contributed by atoms with van der Waals surface area (Å²) in [5.74, 6) is -0.403. The van der Waals surface area contributed by atoms with E-state index in [1.807, 2.05) is 18.2 Å². The molecule has 1 aliphatic rings. The maximum Gasteiger partial charge on any atom is 0.254 e. The molecular formula is C18H18FNO2. The van der Waals surface area contributed by atoms with E-state index in [0.29, 0.717) is 11.1 Å². The molecule has 1 N–H and O–H groups in total. The van der Waals surface area contributed by atoms with Crippen LogP contribution in [0.4, 0.5) is 4.39 Å². The summed E-state index contributed by atoms with van der Waals surface area (Å²) in [5, 5.41) is 10.3. The van der Waals surface area contributed by atoms with Crippen LogP contribution in [0.1, 0.15) is 34.9 Å². The number of hydrogen-bond acceptors (Lipinski definition) is 2. The summed E-state index contributed by atoms with van der Waals surface area (Å²) >= 11 is 0. The van der Waals surface area contributed by atoms with Gasteiger partial charge in [-0.05, 0) is 42.7 Å². The summed E-state index contributed by atoms with van der Waals surface area (Å²) < 4.78 is 13.0. The number of carbonyl (C=O) groups is 1. The molecule has 0 radical (unpaired) electrons. The van der Waals surface area contributed by atoms with Crippen LogP contribution in [-0.2, 0) is 0 Å². The Morgan fingerprint density at radius 2 is 1.77 bits per heavy atom. The molecule has 0 heterocycles. The van der Waals surface area contributed by atoms with Crippen LogP contribution in [0.5, 0.6) is 0 Å². The lowest BCUT2D eigenvalue weighted by Crippen LogP contribution is -2.36. The van der Waals surface area contributed by atoms with Gasteiger partial charge in [-0.3, -0.25) is 4.79 Å². The van der Waals surface area contributed by atoms with Gasteiger partial charge in [0.15, 0.2) is 0 Å². The SMILES string of the molecule is O=C(c1ccccc1)N(CC(O)c1ccc(F)cc1)C1CC1. The van der Waals surface area contributed by atoms with Gasteiger partial charge in [-0.25, -0.2) is 4.39 Å². The van der Waals surface area contributed by atoms with Gasteiger partial charge in [0.1, 0.15) is 5.82 Å². The zero-order valence-electron chi connectivity index (χ0n) is 12.2. The molecule has 0 bridgehead atoms. The first-order valence-corrected chi connectivity index (χ1v) is 7.44. The molecule has 1 amide bonds. The molecular weight excluding hydrogens is 281 g/mol. The number of rotatable bonds is 5. The maximum absolute atomic E-state index is 13.0. The second-order valence-corrected chi connectivity index (χ2v) is 5.62. The van der Waals surface area contributed by atoms with Crippen molar-refractivity contribution in [3.05, 3.63) is 71.5 Å². The number of halogens is 1. The highest BCUT2D eigenvalue weighted by Gasteiger charge is 2.34. The van der Waals surface area contributed by atoms with Crippen LogP contribution in [0, 0.1) is 5.82 Å². The van der Waals surface area contributed by atoms with E-state index in [0.717, 1.165) is 12.8 Å². The predicted octanol–water partition coefficient (Wildman–Crippen LogP) is 3.16. The van der Waals surface area contributed by atoms with Crippen molar-refractivity contribution in [2.24, 2.45) is 0 Å². The van der Waals surface area contributed by atoms with Crippen LogP contribution in [-0.4, -0.2) is 28.5 Å². The summed E-state index contributed by atoms with van der Waals surface area (Å²) in [6.07, 6.45) is 1.12. The Hall–Kier alpha value is -2.20. The van der Waals surface area contributed by atoms with Gasteiger partial charge >= 0.3 is 0 Å². The molecule has 3 rings (SSSR count). The summed E-state index contributed by atoms with van der Waals surface area (Å²) in [7, 11) is 0. The average molecular weight is 299 g/mol. The van der Waals surface area contributed by atoms with Crippen LogP contribution in [0.2, 0.25) is 0 Å². The van der Waals surface area contributed by atoms with Gasteiger partial charge in [0.05, 0.1) is 12.6 Å². The standard InChI is InChI=1S/C18H18FNO2/c19-15-8-6-13(7-9-15)17(21)12-20(16-10-11-16)18(22)14-4-2-1-3-5-14/h1-9,16-17,21H,10-12H2. The molecule has 2 aromatic rings. The lowest BCUT2D eigenvalue weighted by molar-refractivity contribution is 0.0603. The van der Waals surface area contributed by atoms with Gasteiger partial charge in [0.25, 0.3) is 5.91 Å². The van der Waals surface area contributed by atoms with Crippen LogP contribution in [0.3, 0.4) is 0 Å². The Bertz CT molecular complexity index is 638. The fourth-order valence-electron chi connectivity index (χ4n) is 2.51. The van der Waals surface area contributed by atoms with E-state index < -0.39 is 6.10 Å². The molecule has 1 atom stereocenters. The number of amides is 1. The monoisotopic (exact) mass is 299 g/mol. The van der Waals surface area contributed by atoms with Crippen LogP contribution < -0.4 is 0 Å². The molecule has 0 saturated heterocycles. The van der Waals surface area contributed by atoms with Crippen molar-refractivity contribution in [3.8, 4) is 0 Å². The maximum atomic E-state index is 13.0. The molecule has 1 fully saturated rings. The molecule has 1 aliphatic carbocycles. The molecule has 1 unspecified atom stereocenters. The lowest BCUT2D eigenvalue weighted by Gasteiger charge is -2.25. The third-order valence-corrected chi connectivity index (χ3v) is 3.89. The van der Waals surface area contributed by atoms with Gasteiger partial charge in [-0.2, -0.15) is 0 Å². The smallest absolute Gasteiger partial charge is 0.254 e. The molecule has 0 aliphatic heterocycles. The largest absolute Gasteiger partial charge is 0.387 e. The van der Waals surface area contributed by atoms with E-state index in [1.165, 1.54) is 12.1 Å². The van der Waals surface area contributed by atoms with Crippen molar-refractivity contribution < 1.29 is 14.3 Å². The minimum atomic E-state index is -0.811. The molecule has 22 heavy (non-hydrogen) atoms. The zero-order valence-corrected chi connectivity index (χ0v) is 12.2. The summed E-state index contributed by atoms with van der Waals surface area (Å²) in [5.41, 5.74) is 1.24. The fourth-order valence-corrected chi connectivity index (χ4v) is 2.51. The predicted molar refractivity (Wildman–Crippen MR) is 81.9 cm³/mol. The van der Waals surface area contributed by atoms with E-state index in [4.69, 9.17) is 0 Å². The van der Waals surface area contributed by atoms with Gasteiger partial charge in [0, 0.05) is 11.6 Å². The van der Waals surface area contributed by atoms with Crippen LogP contribution >= 0.6 is 0 Å². The number of nitrogens with zero attached hydrogens (tertiary/aromatic N) is 1. The number of aliphatic hydroxyl groups is 1. The molecule has 4 heteroatoms. The van der Waals surface area contributed by atoms with Gasteiger partial charge in [-0.15, -0.1) is 0 Å². The molecule has 0 aromatic heterocycles. The van der Waals surface area contributed by atoms with E-state index in [1.54, 1.807) is 29.2 Å². The molecule has 0 spiro atoms. The summed E-state index contributed by atoms with van der Waals surface area (Å²) in [6, 6.07) is 15.0. The highest BCUT2D eigenvalue weighted by atomic mass is 19.1. The topological polar surface area (TPSA) is 40.5 Å². The summed E-state index contributed by atoms with van der Waals surface area (Å²) in [4.78, 5) is 14.3. The summed E-state index contributed by atoms with van der Waals surface area (Å²) in [6.45, 7) is 0.226. The van der Waals surface area contributed by atoms with Gasteiger partial charge in [-0.1, -0.05) is 30.3 Å². The van der Waals surface area contributed by atoms with E-state index in [-0.39, 0.29) is 24.3 Å². The Morgan fingerprint density at radius 1 is 1.14 bits per heavy atom. The zero-order chi connectivity index (χ0) is 15.5. The third-order valence-electron chi connectivity index (χ3n) is 3.89. The first kappa shape index (κ1) is 14.7. The number of carbonyl (C=O) groups excluding carboxylic acids is 1. The molecule has 2 aromatic carbocycles. The van der Waals surface area contributed by atoms with Crippen molar-refractivity contribution in [1.29, 1.82) is 0 Å². The Labute approximate surface area is 129 Å². The Morgan fingerprint density at radius 3 is 2.36 bits per heavy atom. The van der Waals surface area contributed by atoms with Crippen molar-refractivity contribution in [2.75, 3.05) is 6.54 Å². The highest BCUT2D eigenvalue weighted by Crippen LogP contribution is 2.30. The number of benzene rings is 2. The van der Waals surface area contributed by atoms with Crippen LogP contribution in [0.15, 0.2) is 54.6 Å². The average Bonchev–Trinajstić information content (AvgIpc) is 3.38. The quantitative estimate of drug-likeness (QED) is 0.921. The van der Waals surface area contributed by atoms with Gasteiger partial charge in [0.2, 0.25) is 0 Å².